The lowest BCUT2D eigenvalue weighted by molar-refractivity contribution is 0.275. The van der Waals surface area contributed by atoms with Crippen molar-refractivity contribution >= 4 is 6.08 Å². The van der Waals surface area contributed by atoms with Gasteiger partial charge in [-0.05, 0) is 29.2 Å². The van der Waals surface area contributed by atoms with Crippen molar-refractivity contribution in [1.29, 1.82) is 0 Å². The van der Waals surface area contributed by atoms with Gasteiger partial charge in [-0.15, -0.1) is 0 Å². The van der Waals surface area contributed by atoms with Gasteiger partial charge >= 0.3 is 0 Å². The van der Waals surface area contributed by atoms with Crippen molar-refractivity contribution in [2.24, 2.45) is 0 Å². The molecule has 2 aromatic carbocycles. The second-order valence-electron chi connectivity index (χ2n) is 7.41. The molecular weight excluding hydrogens is 282 g/mol. The molecule has 23 heavy (non-hydrogen) atoms. The minimum Gasteiger partial charge on any atom is -0.507 e. The molecule has 0 radical (unpaired) electrons. The third-order valence-corrected chi connectivity index (χ3v) is 4.59. The van der Waals surface area contributed by atoms with Crippen LogP contribution in [0.25, 0.3) is 6.08 Å². The maximum Gasteiger partial charge on any atom is 0.123 e. The van der Waals surface area contributed by atoms with Gasteiger partial charge < -0.3 is 5.11 Å². The Hall–Kier alpha value is -2.06. The normalized spacial score (nSPS) is 16.8. The van der Waals surface area contributed by atoms with Crippen LogP contribution in [0, 0.1) is 0 Å². The Morgan fingerprint density at radius 1 is 1.04 bits per heavy atom. The number of hydrogen-bond donors (Lipinski definition) is 1. The SMILES string of the molecule is CN(Cc1cccc(C(C)(C)C)c1O)C1C=Cc2ccccc21. The highest BCUT2D eigenvalue weighted by molar-refractivity contribution is 5.62. The summed E-state index contributed by atoms with van der Waals surface area (Å²) in [5.74, 6) is 0.433. The van der Waals surface area contributed by atoms with Gasteiger partial charge in [0.05, 0.1) is 6.04 Å². The molecule has 0 aromatic heterocycles. The van der Waals surface area contributed by atoms with Gasteiger partial charge in [0.15, 0.2) is 0 Å². The van der Waals surface area contributed by atoms with E-state index in [0.29, 0.717) is 5.75 Å². The molecule has 1 N–H and O–H groups in total. The Bertz CT molecular complexity index is 740. The fourth-order valence-corrected chi connectivity index (χ4v) is 3.31. The van der Waals surface area contributed by atoms with Crippen molar-refractivity contribution in [3.8, 4) is 5.75 Å². The first kappa shape index (κ1) is 15.8. The highest BCUT2D eigenvalue weighted by atomic mass is 16.3. The quantitative estimate of drug-likeness (QED) is 0.872. The fourth-order valence-electron chi connectivity index (χ4n) is 3.31. The van der Waals surface area contributed by atoms with E-state index in [0.717, 1.165) is 17.7 Å². The molecule has 0 heterocycles. The van der Waals surface area contributed by atoms with Gasteiger partial charge in [-0.25, -0.2) is 0 Å². The lowest BCUT2D eigenvalue weighted by Crippen LogP contribution is -2.22. The molecular formula is C21H25NO. The maximum atomic E-state index is 10.7. The smallest absolute Gasteiger partial charge is 0.123 e. The lowest BCUT2D eigenvalue weighted by Gasteiger charge is -2.27. The first-order chi connectivity index (χ1) is 10.9. The third-order valence-electron chi connectivity index (χ3n) is 4.59. The van der Waals surface area contributed by atoms with Crippen molar-refractivity contribution in [2.45, 2.75) is 38.8 Å². The minimum atomic E-state index is -0.0570. The molecule has 0 aliphatic heterocycles. The molecule has 1 unspecified atom stereocenters. The molecule has 2 nitrogen and oxygen atoms in total. The summed E-state index contributed by atoms with van der Waals surface area (Å²) in [6.45, 7) is 7.11. The van der Waals surface area contributed by atoms with Crippen LogP contribution in [0.5, 0.6) is 5.75 Å². The summed E-state index contributed by atoms with van der Waals surface area (Å²) in [7, 11) is 2.11. The van der Waals surface area contributed by atoms with Crippen LogP contribution in [0.15, 0.2) is 48.5 Å². The van der Waals surface area contributed by atoms with Gasteiger partial charge in [0.25, 0.3) is 0 Å². The molecule has 2 aromatic rings. The average Bonchev–Trinajstić information content (AvgIpc) is 2.92. The summed E-state index contributed by atoms with van der Waals surface area (Å²) in [6.07, 6.45) is 4.41. The van der Waals surface area contributed by atoms with Gasteiger partial charge in [0.1, 0.15) is 5.75 Å². The Morgan fingerprint density at radius 2 is 1.78 bits per heavy atom. The summed E-state index contributed by atoms with van der Waals surface area (Å²) < 4.78 is 0. The van der Waals surface area contributed by atoms with E-state index in [1.807, 2.05) is 18.2 Å². The fraction of sp³-hybridized carbons (Fsp3) is 0.333. The zero-order valence-corrected chi connectivity index (χ0v) is 14.4. The number of phenolic OH excluding ortho intramolecular Hbond substituents is 1. The lowest BCUT2D eigenvalue weighted by atomic mass is 9.85. The zero-order valence-electron chi connectivity index (χ0n) is 14.4. The Kier molecular flexibility index (Phi) is 4.03. The van der Waals surface area contributed by atoms with Gasteiger partial charge in [0.2, 0.25) is 0 Å². The number of rotatable bonds is 3. The molecule has 1 atom stereocenters. The number of aromatic hydroxyl groups is 1. The van der Waals surface area contributed by atoms with Crippen LogP contribution in [-0.4, -0.2) is 17.1 Å². The second-order valence-corrected chi connectivity index (χ2v) is 7.41. The van der Waals surface area contributed by atoms with E-state index in [1.54, 1.807) is 0 Å². The number of likely N-dealkylation sites (N-methyl/N-ethyl adjacent to an activating group) is 1. The molecule has 0 saturated carbocycles. The van der Waals surface area contributed by atoms with Crippen LogP contribution in [-0.2, 0) is 12.0 Å². The summed E-state index contributed by atoms with van der Waals surface area (Å²) in [5, 5.41) is 10.7. The summed E-state index contributed by atoms with van der Waals surface area (Å²) in [5.41, 5.74) is 4.56. The topological polar surface area (TPSA) is 23.5 Å². The van der Waals surface area contributed by atoms with Crippen molar-refractivity contribution in [2.75, 3.05) is 7.05 Å². The van der Waals surface area contributed by atoms with Crippen molar-refractivity contribution in [1.82, 2.24) is 4.90 Å². The van der Waals surface area contributed by atoms with Crippen LogP contribution >= 0.6 is 0 Å². The first-order valence-electron chi connectivity index (χ1n) is 8.16. The highest BCUT2D eigenvalue weighted by Crippen LogP contribution is 2.36. The van der Waals surface area contributed by atoms with Gasteiger partial charge in [-0.2, -0.15) is 0 Å². The maximum absolute atomic E-state index is 10.7. The van der Waals surface area contributed by atoms with Crippen LogP contribution in [0.1, 0.15) is 49.1 Å². The molecule has 3 rings (SSSR count). The molecule has 0 amide bonds. The molecule has 1 aliphatic carbocycles. The largest absolute Gasteiger partial charge is 0.507 e. The van der Waals surface area contributed by atoms with Gasteiger partial charge in [-0.3, -0.25) is 4.90 Å². The van der Waals surface area contributed by atoms with Crippen molar-refractivity contribution < 1.29 is 5.11 Å². The van der Waals surface area contributed by atoms with Crippen LogP contribution in [0.4, 0.5) is 0 Å². The average molecular weight is 307 g/mol. The van der Waals surface area contributed by atoms with Crippen LogP contribution < -0.4 is 0 Å². The summed E-state index contributed by atoms with van der Waals surface area (Å²) in [4.78, 5) is 2.28. The Labute approximate surface area is 139 Å². The summed E-state index contributed by atoms with van der Waals surface area (Å²) >= 11 is 0. The zero-order chi connectivity index (χ0) is 16.6. The molecule has 1 aliphatic rings. The molecule has 2 heteroatoms. The van der Waals surface area contributed by atoms with E-state index in [9.17, 15) is 5.11 Å². The second kappa shape index (κ2) is 5.86. The van der Waals surface area contributed by atoms with Crippen LogP contribution in [0.3, 0.4) is 0 Å². The predicted octanol–water partition coefficient (Wildman–Crippen LogP) is 4.89. The van der Waals surface area contributed by atoms with E-state index in [-0.39, 0.29) is 11.5 Å². The monoisotopic (exact) mass is 307 g/mol. The number of nitrogens with zero attached hydrogens (tertiary/aromatic N) is 1. The van der Waals surface area contributed by atoms with E-state index >= 15 is 0 Å². The number of hydrogen-bond acceptors (Lipinski definition) is 2. The molecule has 0 spiro atoms. The number of phenols is 1. The van der Waals surface area contributed by atoms with Gasteiger partial charge in [0, 0.05) is 12.1 Å². The molecule has 0 saturated heterocycles. The van der Waals surface area contributed by atoms with E-state index in [2.05, 4.69) is 69.1 Å². The van der Waals surface area contributed by atoms with Crippen molar-refractivity contribution in [3.63, 3.8) is 0 Å². The molecule has 0 fully saturated rings. The van der Waals surface area contributed by atoms with E-state index in [4.69, 9.17) is 0 Å². The van der Waals surface area contributed by atoms with E-state index in [1.165, 1.54) is 11.1 Å². The van der Waals surface area contributed by atoms with Crippen molar-refractivity contribution in [3.05, 3.63) is 70.8 Å². The van der Waals surface area contributed by atoms with E-state index < -0.39 is 0 Å². The van der Waals surface area contributed by atoms with Gasteiger partial charge in [-0.1, -0.05) is 75.4 Å². The summed E-state index contributed by atoms with van der Waals surface area (Å²) in [6, 6.07) is 14.8. The number of fused-ring (bicyclic) bond motifs is 1. The number of para-hydroxylation sites is 1. The highest BCUT2D eigenvalue weighted by Gasteiger charge is 2.24. The third kappa shape index (κ3) is 3.04. The number of benzene rings is 2. The Morgan fingerprint density at radius 3 is 2.52 bits per heavy atom. The molecule has 120 valence electrons. The Balaban J connectivity index is 1.85. The van der Waals surface area contributed by atoms with Crippen LogP contribution in [0.2, 0.25) is 0 Å². The minimum absolute atomic E-state index is 0.0570. The predicted molar refractivity (Wildman–Crippen MR) is 96.5 cm³/mol. The standard InChI is InChI=1S/C21H25NO/c1-21(2,3)18-11-7-9-16(20(18)23)14-22(4)19-13-12-15-8-5-6-10-17(15)19/h5-13,19,23H,14H2,1-4H3. The first-order valence-corrected chi connectivity index (χ1v) is 8.16. The molecule has 0 bridgehead atoms.